The Morgan fingerprint density at radius 3 is 1.66 bits per heavy atom. The SMILES string of the molecule is c1ccc(-c2ccc(-c3cccc(-c4cc(-c5nc(-c6ccc7ccccc7c6)nc(-c6ccc7c(c6)sc6ccccc67)n5)c5c(c4)oc4cc6ccccc6cc45)c3)cc2)cc1. The first kappa shape index (κ1) is 36.4. The van der Waals surface area contributed by atoms with E-state index in [-0.39, 0.29) is 0 Å². The number of nitrogens with zero attached hydrogens (tertiary/aromatic N) is 3. The Morgan fingerprint density at radius 2 is 0.859 bits per heavy atom. The molecule has 0 saturated heterocycles. The van der Waals surface area contributed by atoms with E-state index in [1.807, 2.05) is 0 Å². The summed E-state index contributed by atoms with van der Waals surface area (Å²) in [5.74, 6) is 1.81. The molecule has 0 radical (unpaired) electrons. The van der Waals surface area contributed by atoms with Crippen LogP contribution in [0.15, 0.2) is 217 Å². The van der Waals surface area contributed by atoms with Crippen LogP contribution in [0, 0.1) is 0 Å². The number of thiophene rings is 1. The highest BCUT2D eigenvalue weighted by atomic mass is 32.1. The van der Waals surface area contributed by atoms with Crippen molar-refractivity contribution < 1.29 is 4.42 Å². The van der Waals surface area contributed by atoms with Gasteiger partial charge in [-0.1, -0.05) is 164 Å². The predicted octanol–water partition coefficient (Wildman–Crippen LogP) is 16.4. The molecule has 0 unspecified atom stereocenters. The van der Waals surface area contributed by atoms with Crippen LogP contribution in [-0.2, 0) is 0 Å². The Bertz CT molecular complexity index is 3960. The highest BCUT2D eigenvalue weighted by molar-refractivity contribution is 7.25. The van der Waals surface area contributed by atoms with Gasteiger partial charge in [0.05, 0.1) is 0 Å². The lowest BCUT2D eigenvalue weighted by molar-refractivity contribution is 0.669. The van der Waals surface area contributed by atoms with E-state index in [4.69, 9.17) is 19.4 Å². The van der Waals surface area contributed by atoms with Crippen molar-refractivity contribution in [3.63, 3.8) is 0 Å². The Kier molecular flexibility index (Phi) is 8.36. The van der Waals surface area contributed by atoms with Crippen LogP contribution in [-0.4, -0.2) is 15.0 Å². The second-order valence-corrected chi connectivity index (χ2v) is 17.5. The van der Waals surface area contributed by atoms with E-state index in [0.717, 1.165) is 82.4 Å². The van der Waals surface area contributed by atoms with Gasteiger partial charge in [-0.05, 0) is 103 Å². The van der Waals surface area contributed by atoms with Gasteiger partial charge in [0, 0.05) is 47.6 Å². The largest absolute Gasteiger partial charge is 0.456 e. The van der Waals surface area contributed by atoms with Gasteiger partial charge in [0.2, 0.25) is 0 Å². The summed E-state index contributed by atoms with van der Waals surface area (Å²) in [4.78, 5) is 16.0. The standard InChI is InChI=1S/C59H35N3OS/c1-2-11-36(12-3-1)38-21-23-39(24-22-38)41-17-10-18-42(29-41)47-32-51(56-50-31-43-15-6-7-16-44(43)33-52(50)63-53(56)34-47)59-61-57(45-26-25-37-13-4-5-14-40(37)30-45)60-58(62-59)46-27-28-49-48-19-8-9-20-54(48)64-55(49)35-46/h1-35H. The lowest BCUT2D eigenvalue weighted by atomic mass is 9.94. The average molecular weight is 834 g/mol. The number of hydrogen-bond acceptors (Lipinski definition) is 5. The number of furan rings is 1. The molecule has 10 aromatic carbocycles. The number of fused-ring (bicyclic) bond motifs is 8. The third kappa shape index (κ3) is 6.25. The zero-order chi connectivity index (χ0) is 42.1. The van der Waals surface area contributed by atoms with Crippen molar-refractivity contribution in [1.82, 2.24) is 15.0 Å². The smallest absolute Gasteiger partial charge is 0.164 e. The molecule has 0 atom stereocenters. The van der Waals surface area contributed by atoms with Gasteiger partial charge in [0.25, 0.3) is 0 Å². The van der Waals surface area contributed by atoms with Gasteiger partial charge in [-0.25, -0.2) is 15.0 Å². The lowest BCUT2D eigenvalue weighted by Gasteiger charge is -2.12. The topological polar surface area (TPSA) is 51.8 Å². The maximum Gasteiger partial charge on any atom is 0.164 e. The van der Waals surface area contributed by atoms with E-state index in [1.54, 1.807) is 11.3 Å². The van der Waals surface area contributed by atoms with E-state index < -0.39 is 0 Å². The highest BCUT2D eigenvalue weighted by Gasteiger charge is 2.21. The van der Waals surface area contributed by atoms with Gasteiger partial charge in [-0.3, -0.25) is 0 Å². The lowest BCUT2D eigenvalue weighted by Crippen LogP contribution is -2.01. The van der Waals surface area contributed by atoms with Crippen molar-refractivity contribution in [3.8, 4) is 67.5 Å². The minimum atomic E-state index is 0.583. The molecule has 0 saturated carbocycles. The molecule has 298 valence electrons. The Hall–Kier alpha value is -8.25. The third-order valence-electron chi connectivity index (χ3n) is 12.5. The van der Waals surface area contributed by atoms with Gasteiger partial charge < -0.3 is 4.42 Å². The van der Waals surface area contributed by atoms with Crippen LogP contribution in [0.1, 0.15) is 0 Å². The van der Waals surface area contributed by atoms with Gasteiger partial charge >= 0.3 is 0 Å². The first-order valence-electron chi connectivity index (χ1n) is 21.5. The molecule has 64 heavy (non-hydrogen) atoms. The molecule has 0 aliphatic carbocycles. The Morgan fingerprint density at radius 1 is 0.297 bits per heavy atom. The fourth-order valence-corrected chi connectivity index (χ4v) is 10.4. The number of hydrogen-bond donors (Lipinski definition) is 0. The van der Waals surface area contributed by atoms with Crippen LogP contribution in [0.25, 0.3) is 131 Å². The second-order valence-electron chi connectivity index (χ2n) is 16.4. The highest BCUT2D eigenvalue weighted by Crippen LogP contribution is 2.43. The normalized spacial score (nSPS) is 11.8. The summed E-state index contributed by atoms with van der Waals surface area (Å²) in [5, 5.41) is 9.03. The summed E-state index contributed by atoms with van der Waals surface area (Å²) in [7, 11) is 0. The van der Waals surface area contributed by atoms with Crippen LogP contribution in [0.4, 0.5) is 0 Å². The van der Waals surface area contributed by atoms with Crippen molar-refractivity contribution in [3.05, 3.63) is 212 Å². The minimum absolute atomic E-state index is 0.583. The zero-order valence-electron chi connectivity index (χ0n) is 34.4. The van der Waals surface area contributed by atoms with Crippen molar-refractivity contribution in [1.29, 1.82) is 0 Å². The minimum Gasteiger partial charge on any atom is -0.456 e. The monoisotopic (exact) mass is 833 g/mol. The molecule has 3 heterocycles. The molecule has 4 nitrogen and oxygen atoms in total. The first-order chi connectivity index (χ1) is 31.6. The zero-order valence-corrected chi connectivity index (χ0v) is 35.2. The van der Waals surface area contributed by atoms with Crippen LogP contribution < -0.4 is 0 Å². The Labute approximate surface area is 372 Å². The average Bonchev–Trinajstić information content (AvgIpc) is 3.92. The molecule has 0 N–H and O–H groups in total. The first-order valence-corrected chi connectivity index (χ1v) is 22.3. The summed E-state index contributed by atoms with van der Waals surface area (Å²) < 4.78 is 9.29. The van der Waals surface area contributed by atoms with Crippen LogP contribution in [0.3, 0.4) is 0 Å². The fourth-order valence-electron chi connectivity index (χ4n) is 9.25. The van der Waals surface area contributed by atoms with E-state index in [9.17, 15) is 0 Å². The van der Waals surface area contributed by atoms with Gasteiger partial charge in [0.1, 0.15) is 11.2 Å². The van der Waals surface area contributed by atoms with Crippen molar-refractivity contribution in [2.75, 3.05) is 0 Å². The summed E-state index contributed by atoms with van der Waals surface area (Å²) in [6.45, 7) is 0. The summed E-state index contributed by atoms with van der Waals surface area (Å²) in [6, 6.07) is 75.3. The molecule has 13 rings (SSSR count). The van der Waals surface area contributed by atoms with Crippen LogP contribution in [0.5, 0.6) is 0 Å². The van der Waals surface area contributed by atoms with Crippen molar-refractivity contribution >= 4 is 75.0 Å². The second kappa shape index (κ2) is 14.7. The predicted molar refractivity (Wildman–Crippen MR) is 268 cm³/mol. The van der Waals surface area contributed by atoms with Crippen LogP contribution >= 0.6 is 11.3 Å². The quantitative estimate of drug-likeness (QED) is 0.167. The van der Waals surface area contributed by atoms with E-state index in [2.05, 4.69) is 212 Å². The summed E-state index contributed by atoms with van der Waals surface area (Å²) in [6.07, 6.45) is 0. The Balaban J connectivity index is 1.03. The maximum atomic E-state index is 6.84. The molecule has 13 aromatic rings. The van der Waals surface area contributed by atoms with Gasteiger partial charge in [-0.15, -0.1) is 11.3 Å². The molecule has 0 spiro atoms. The van der Waals surface area contributed by atoms with Crippen LogP contribution in [0.2, 0.25) is 0 Å². The van der Waals surface area contributed by atoms with Gasteiger partial charge in [-0.2, -0.15) is 0 Å². The summed E-state index contributed by atoms with van der Waals surface area (Å²) in [5.41, 5.74) is 11.1. The van der Waals surface area contributed by atoms with Gasteiger partial charge in [0.15, 0.2) is 17.5 Å². The molecule has 3 aromatic heterocycles. The fraction of sp³-hybridized carbons (Fsp3) is 0. The number of benzene rings is 10. The maximum absolute atomic E-state index is 6.84. The number of aromatic nitrogens is 3. The molecule has 0 aliphatic rings. The van der Waals surface area contributed by atoms with Crippen molar-refractivity contribution in [2.24, 2.45) is 0 Å². The number of rotatable bonds is 6. The molecule has 0 aliphatic heterocycles. The molecular formula is C59H35N3OS. The third-order valence-corrected chi connectivity index (χ3v) is 13.6. The summed E-state index contributed by atoms with van der Waals surface area (Å²) >= 11 is 1.79. The molecular weight excluding hydrogens is 799 g/mol. The molecule has 0 fully saturated rings. The molecule has 0 bridgehead atoms. The van der Waals surface area contributed by atoms with E-state index >= 15 is 0 Å². The van der Waals surface area contributed by atoms with E-state index in [1.165, 1.54) is 31.3 Å². The molecule has 5 heteroatoms. The molecule has 0 amide bonds. The van der Waals surface area contributed by atoms with E-state index in [0.29, 0.717) is 17.5 Å². The van der Waals surface area contributed by atoms with Crippen molar-refractivity contribution in [2.45, 2.75) is 0 Å².